The van der Waals surface area contributed by atoms with Gasteiger partial charge in [-0.3, -0.25) is 0 Å². The molecule has 0 radical (unpaired) electrons. The highest BCUT2D eigenvalue weighted by Gasteiger charge is 2.64. The lowest BCUT2D eigenvalue weighted by atomic mass is 9.74. The molecule has 0 aromatic heterocycles. The predicted molar refractivity (Wildman–Crippen MR) is 77.8 cm³/mol. The third-order valence-corrected chi connectivity index (χ3v) is 4.42. The molecule has 1 atom stereocenters. The summed E-state index contributed by atoms with van der Waals surface area (Å²) in [6.45, 7) is 14.2. The van der Waals surface area contributed by atoms with Crippen LogP contribution in [0.2, 0.25) is 0 Å². The molecule has 4 nitrogen and oxygen atoms in total. The average Bonchev–Trinajstić information content (AvgIpc) is 3.15. The topological polar surface area (TPSA) is 51.4 Å². The van der Waals surface area contributed by atoms with Crippen LogP contribution in [0.15, 0.2) is 0 Å². The first-order valence-electron chi connectivity index (χ1n) is 7.72. The largest absolute Gasteiger partial charge is 0.456 e. The fourth-order valence-electron chi connectivity index (χ4n) is 2.45. The zero-order valence-electron chi connectivity index (χ0n) is 14.0. The van der Waals surface area contributed by atoms with Crippen LogP contribution in [0.3, 0.4) is 0 Å². The molecule has 20 heavy (non-hydrogen) atoms. The molecule has 0 amide bonds. The van der Waals surface area contributed by atoms with Crippen molar-refractivity contribution in [3.8, 4) is 0 Å². The third kappa shape index (κ3) is 3.95. The van der Waals surface area contributed by atoms with Crippen molar-refractivity contribution in [1.29, 1.82) is 0 Å². The van der Waals surface area contributed by atoms with Crippen LogP contribution in [-0.4, -0.2) is 17.4 Å². The molecule has 1 saturated heterocycles. The molecule has 0 aromatic carbocycles. The van der Waals surface area contributed by atoms with Crippen LogP contribution in [-0.2, 0) is 19.3 Å². The Hall–Kier alpha value is -0.610. The fraction of sp³-hybridized carbons (Fsp3) is 0.938. The number of carbonyl (C=O) groups excluding carboxylic acids is 1. The van der Waals surface area contributed by atoms with E-state index in [1.165, 1.54) is 0 Å². The van der Waals surface area contributed by atoms with Crippen LogP contribution in [0.5, 0.6) is 0 Å². The van der Waals surface area contributed by atoms with Crippen molar-refractivity contribution in [2.75, 3.05) is 0 Å². The lowest BCUT2D eigenvalue weighted by Crippen LogP contribution is -2.41. The van der Waals surface area contributed by atoms with Gasteiger partial charge in [0.05, 0.1) is 0 Å². The highest BCUT2D eigenvalue weighted by atomic mass is 17.4. The molecule has 1 heterocycles. The van der Waals surface area contributed by atoms with Gasteiger partial charge in [-0.15, -0.1) is 0 Å². The molecule has 0 bridgehead atoms. The predicted octanol–water partition coefficient (Wildman–Crippen LogP) is 4.23. The molecule has 1 fully saturated rings. The van der Waals surface area contributed by atoms with Crippen molar-refractivity contribution < 1.29 is 19.3 Å². The summed E-state index contributed by atoms with van der Waals surface area (Å²) in [6.07, 6.45) is 3.87. The standard InChI is InChI=1S/C16H30O4/c1-8-12(11-15(7,9-2)10-3)16(19-20-16)13(17)18-14(4,5)6/h12H,8-11H2,1-7H3. The summed E-state index contributed by atoms with van der Waals surface area (Å²) in [4.78, 5) is 22.6. The first-order valence-corrected chi connectivity index (χ1v) is 7.72. The van der Waals surface area contributed by atoms with E-state index in [0.717, 1.165) is 25.7 Å². The van der Waals surface area contributed by atoms with Gasteiger partial charge >= 0.3 is 11.8 Å². The number of hydrogen-bond donors (Lipinski definition) is 0. The van der Waals surface area contributed by atoms with Crippen molar-refractivity contribution >= 4 is 5.97 Å². The maximum absolute atomic E-state index is 12.3. The van der Waals surface area contributed by atoms with E-state index in [-0.39, 0.29) is 11.3 Å². The van der Waals surface area contributed by atoms with Crippen molar-refractivity contribution in [2.45, 2.75) is 85.5 Å². The Labute approximate surface area is 123 Å². The SMILES string of the molecule is CCC(CC(C)(CC)CC)C1(C(=O)OC(C)(C)C)OO1. The van der Waals surface area contributed by atoms with E-state index in [0.29, 0.717) is 0 Å². The zero-order valence-corrected chi connectivity index (χ0v) is 14.0. The van der Waals surface area contributed by atoms with Crippen molar-refractivity contribution in [3.05, 3.63) is 0 Å². The van der Waals surface area contributed by atoms with Gasteiger partial charge in [0.25, 0.3) is 0 Å². The molecule has 0 spiro atoms. The van der Waals surface area contributed by atoms with Crippen LogP contribution in [0, 0.1) is 11.3 Å². The Morgan fingerprint density at radius 3 is 1.90 bits per heavy atom. The van der Waals surface area contributed by atoms with E-state index in [1.807, 2.05) is 20.8 Å². The van der Waals surface area contributed by atoms with Crippen LogP contribution < -0.4 is 0 Å². The van der Waals surface area contributed by atoms with E-state index in [9.17, 15) is 4.79 Å². The Balaban J connectivity index is 2.81. The monoisotopic (exact) mass is 286 g/mol. The summed E-state index contributed by atoms with van der Waals surface area (Å²) in [6, 6.07) is 0. The second-order valence-electron chi connectivity index (χ2n) is 7.16. The Kier molecular flexibility index (Phi) is 5.25. The Morgan fingerprint density at radius 2 is 1.60 bits per heavy atom. The van der Waals surface area contributed by atoms with E-state index >= 15 is 0 Å². The minimum Gasteiger partial charge on any atom is -0.456 e. The van der Waals surface area contributed by atoms with E-state index in [4.69, 9.17) is 14.5 Å². The number of hydrogen-bond acceptors (Lipinski definition) is 4. The normalized spacial score (nSPS) is 19.6. The summed E-state index contributed by atoms with van der Waals surface area (Å²) in [5.74, 6) is -1.54. The fourth-order valence-corrected chi connectivity index (χ4v) is 2.45. The second kappa shape index (κ2) is 6.02. The van der Waals surface area contributed by atoms with Crippen molar-refractivity contribution in [3.63, 3.8) is 0 Å². The molecule has 0 N–H and O–H groups in total. The molecule has 0 aliphatic carbocycles. The molecular weight excluding hydrogens is 256 g/mol. The minimum absolute atomic E-state index is 0.0299. The molecule has 1 aliphatic heterocycles. The van der Waals surface area contributed by atoms with Crippen LogP contribution in [0.4, 0.5) is 0 Å². The van der Waals surface area contributed by atoms with Crippen LogP contribution >= 0.6 is 0 Å². The average molecular weight is 286 g/mol. The van der Waals surface area contributed by atoms with E-state index < -0.39 is 17.4 Å². The molecule has 1 aliphatic rings. The maximum Gasteiger partial charge on any atom is 0.373 e. The van der Waals surface area contributed by atoms with Crippen LogP contribution in [0.25, 0.3) is 0 Å². The number of esters is 1. The third-order valence-electron chi connectivity index (χ3n) is 4.42. The minimum atomic E-state index is -1.17. The highest BCUT2D eigenvalue weighted by Crippen LogP contribution is 2.47. The molecule has 118 valence electrons. The van der Waals surface area contributed by atoms with Crippen molar-refractivity contribution in [2.24, 2.45) is 11.3 Å². The molecule has 0 saturated carbocycles. The molecular formula is C16H30O4. The van der Waals surface area contributed by atoms with E-state index in [1.54, 1.807) is 0 Å². The Morgan fingerprint density at radius 1 is 1.10 bits per heavy atom. The first-order chi connectivity index (χ1) is 9.12. The number of rotatable bonds is 7. The van der Waals surface area contributed by atoms with Gasteiger partial charge in [0, 0.05) is 5.92 Å². The van der Waals surface area contributed by atoms with Gasteiger partial charge in [-0.25, -0.2) is 4.79 Å². The van der Waals surface area contributed by atoms with Gasteiger partial charge < -0.3 is 4.74 Å². The molecule has 1 rings (SSSR count). The maximum atomic E-state index is 12.3. The zero-order chi connectivity index (χ0) is 15.6. The highest BCUT2D eigenvalue weighted by molar-refractivity contribution is 5.80. The van der Waals surface area contributed by atoms with Gasteiger partial charge in [-0.1, -0.05) is 40.5 Å². The molecule has 4 heteroatoms. The summed E-state index contributed by atoms with van der Waals surface area (Å²) in [7, 11) is 0. The first kappa shape index (κ1) is 17.4. The van der Waals surface area contributed by atoms with Crippen LogP contribution in [0.1, 0.15) is 74.1 Å². The Bertz CT molecular complexity index is 335. The smallest absolute Gasteiger partial charge is 0.373 e. The van der Waals surface area contributed by atoms with E-state index in [2.05, 4.69) is 27.7 Å². The number of ether oxygens (including phenoxy) is 1. The molecule has 0 aromatic rings. The van der Waals surface area contributed by atoms with Crippen molar-refractivity contribution in [1.82, 2.24) is 0 Å². The lowest BCUT2D eigenvalue weighted by Gasteiger charge is -2.32. The summed E-state index contributed by atoms with van der Waals surface area (Å²) in [5, 5.41) is 0. The van der Waals surface area contributed by atoms with Gasteiger partial charge in [0.2, 0.25) is 0 Å². The molecule has 1 unspecified atom stereocenters. The van der Waals surface area contributed by atoms with Gasteiger partial charge in [-0.2, -0.15) is 9.78 Å². The van der Waals surface area contributed by atoms with Gasteiger partial charge in [-0.05, 0) is 39.0 Å². The summed E-state index contributed by atoms with van der Waals surface area (Å²) in [5.41, 5.74) is -0.332. The lowest BCUT2D eigenvalue weighted by molar-refractivity contribution is -0.166. The van der Waals surface area contributed by atoms with Gasteiger partial charge in [0.1, 0.15) is 5.60 Å². The van der Waals surface area contributed by atoms with Gasteiger partial charge in [0.15, 0.2) is 0 Å². The summed E-state index contributed by atoms with van der Waals surface area (Å²) < 4.78 is 5.44. The number of carbonyl (C=O) groups is 1. The summed E-state index contributed by atoms with van der Waals surface area (Å²) >= 11 is 0. The quantitative estimate of drug-likeness (QED) is 0.399. The second-order valence-corrected chi connectivity index (χ2v) is 7.16.